The van der Waals surface area contributed by atoms with E-state index in [9.17, 15) is 14.4 Å². The van der Waals surface area contributed by atoms with Crippen LogP contribution in [0.5, 0.6) is 0 Å². The molecule has 45 heavy (non-hydrogen) atoms. The Bertz CT molecular complexity index is 1900. The summed E-state index contributed by atoms with van der Waals surface area (Å²) >= 11 is 21.0. The van der Waals surface area contributed by atoms with E-state index in [1.165, 1.54) is 23.1 Å². The summed E-state index contributed by atoms with van der Waals surface area (Å²) in [6, 6.07) is 27.7. The molecule has 1 aromatic heterocycles. The molecule has 0 unspecified atom stereocenters. The zero-order valence-corrected chi connectivity index (χ0v) is 27.1. The number of carbonyl (C=O) groups is 3. The van der Waals surface area contributed by atoms with Crippen molar-refractivity contribution in [2.75, 3.05) is 16.4 Å². The van der Waals surface area contributed by atoms with Gasteiger partial charge in [0.2, 0.25) is 5.91 Å². The molecule has 226 valence electrons. The predicted octanol–water partition coefficient (Wildman–Crippen LogP) is 8.91. The van der Waals surface area contributed by atoms with Gasteiger partial charge < -0.3 is 16.0 Å². The standard InChI is InChI=1S/C33H23Cl3N4O3S2/c34-22-9-4-6-20(14-22)15-28(38-31(42)21-7-2-1-3-8-21)32(43)37-24-10-5-11-25(17-24)44-19-30(41)40-33-39-29(18-45-33)26-13-12-23(35)16-27(26)36/h1-18H,19H2,(H,37,43)(H,38,42)(H,39,40,41)/b28-15-. The molecular weight excluding hydrogens is 671 g/mol. The summed E-state index contributed by atoms with van der Waals surface area (Å²) in [6.07, 6.45) is 1.55. The van der Waals surface area contributed by atoms with Crippen LogP contribution in [0.1, 0.15) is 15.9 Å². The number of halogens is 3. The fourth-order valence-corrected chi connectivity index (χ4v) is 6.21. The Balaban J connectivity index is 1.22. The summed E-state index contributed by atoms with van der Waals surface area (Å²) in [4.78, 5) is 44.2. The van der Waals surface area contributed by atoms with Crippen molar-refractivity contribution >= 4 is 92.5 Å². The highest BCUT2D eigenvalue weighted by molar-refractivity contribution is 8.00. The van der Waals surface area contributed by atoms with E-state index in [4.69, 9.17) is 34.8 Å². The zero-order chi connectivity index (χ0) is 31.8. The van der Waals surface area contributed by atoms with Gasteiger partial charge in [0, 0.05) is 37.1 Å². The van der Waals surface area contributed by atoms with E-state index in [0.29, 0.717) is 42.7 Å². The maximum atomic E-state index is 13.4. The Labute approximate surface area is 282 Å². The van der Waals surface area contributed by atoms with Gasteiger partial charge in [-0.05, 0) is 72.3 Å². The third-order valence-corrected chi connectivity index (χ3v) is 8.64. The normalized spacial score (nSPS) is 11.1. The van der Waals surface area contributed by atoms with Gasteiger partial charge in [0.1, 0.15) is 5.70 Å². The van der Waals surface area contributed by atoms with E-state index in [0.717, 1.165) is 10.5 Å². The van der Waals surface area contributed by atoms with Crippen LogP contribution in [-0.4, -0.2) is 28.5 Å². The van der Waals surface area contributed by atoms with Gasteiger partial charge in [0.25, 0.3) is 11.8 Å². The highest BCUT2D eigenvalue weighted by atomic mass is 35.5. The lowest BCUT2D eigenvalue weighted by molar-refractivity contribution is -0.114. The van der Waals surface area contributed by atoms with Crippen LogP contribution in [0.4, 0.5) is 10.8 Å². The van der Waals surface area contributed by atoms with Gasteiger partial charge in [-0.25, -0.2) is 4.98 Å². The van der Waals surface area contributed by atoms with Crippen molar-refractivity contribution in [1.82, 2.24) is 10.3 Å². The number of thioether (sulfide) groups is 1. The van der Waals surface area contributed by atoms with Gasteiger partial charge in [-0.3, -0.25) is 14.4 Å². The number of hydrogen-bond acceptors (Lipinski definition) is 6. The van der Waals surface area contributed by atoms with Crippen LogP contribution in [0.25, 0.3) is 17.3 Å². The fraction of sp³-hybridized carbons (Fsp3) is 0.0303. The molecule has 0 radical (unpaired) electrons. The molecule has 0 aliphatic heterocycles. The molecule has 1 heterocycles. The number of amides is 3. The summed E-state index contributed by atoms with van der Waals surface area (Å²) in [5.41, 5.74) is 2.92. The molecular formula is C33H23Cl3N4O3S2. The summed E-state index contributed by atoms with van der Waals surface area (Å²) in [5.74, 6) is -1.09. The summed E-state index contributed by atoms with van der Waals surface area (Å²) in [7, 11) is 0. The molecule has 5 rings (SSSR count). The smallest absolute Gasteiger partial charge is 0.272 e. The molecule has 0 atom stereocenters. The lowest BCUT2D eigenvalue weighted by Gasteiger charge is -2.12. The monoisotopic (exact) mass is 692 g/mol. The second-order valence-electron chi connectivity index (χ2n) is 9.41. The molecule has 0 aliphatic carbocycles. The van der Waals surface area contributed by atoms with E-state index in [2.05, 4.69) is 20.9 Å². The van der Waals surface area contributed by atoms with Crippen LogP contribution in [-0.2, 0) is 9.59 Å². The minimum atomic E-state index is -0.528. The van der Waals surface area contributed by atoms with Crippen molar-refractivity contribution in [3.05, 3.63) is 134 Å². The molecule has 0 aliphatic rings. The highest BCUT2D eigenvalue weighted by Gasteiger charge is 2.16. The van der Waals surface area contributed by atoms with Crippen molar-refractivity contribution < 1.29 is 14.4 Å². The lowest BCUT2D eigenvalue weighted by atomic mass is 10.1. The van der Waals surface area contributed by atoms with Crippen LogP contribution in [0.15, 0.2) is 113 Å². The van der Waals surface area contributed by atoms with Crippen molar-refractivity contribution in [3.63, 3.8) is 0 Å². The number of anilines is 2. The molecule has 7 nitrogen and oxygen atoms in total. The van der Waals surface area contributed by atoms with E-state index in [-0.39, 0.29) is 17.4 Å². The molecule has 5 aromatic rings. The van der Waals surface area contributed by atoms with Crippen LogP contribution in [0.3, 0.4) is 0 Å². The molecule has 0 fully saturated rings. The number of nitrogens with one attached hydrogen (secondary N) is 3. The summed E-state index contributed by atoms with van der Waals surface area (Å²) in [5, 5.41) is 12.1. The first-order valence-corrected chi connectivity index (χ1v) is 16.3. The maximum absolute atomic E-state index is 13.4. The number of thiazole rings is 1. The first-order chi connectivity index (χ1) is 21.7. The Morgan fingerprint density at radius 3 is 2.38 bits per heavy atom. The topological polar surface area (TPSA) is 100 Å². The van der Waals surface area contributed by atoms with Crippen molar-refractivity contribution in [1.29, 1.82) is 0 Å². The van der Waals surface area contributed by atoms with E-state index in [1.807, 2.05) is 6.07 Å². The molecule has 4 aromatic carbocycles. The number of nitrogens with zero attached hydrogens (tertiary/aromatic N) is 1. The molecule has 0 bridgehead atoms. The minimum Gasteiger partial charge on any atom is -0.321 e. The van der Waals surface area contributed by atoms with Gasteiger partial charge in [-0.1, -0.05) is 71.2 Å². The number of rotatable bonds is 10. The summed E-state index contributed by atoms with van der Waals surface area (Å²) < 4.78 is 0. The van der Waals surface area contributed by atoms with E-state index < -0.39 is 11.8 Å². The first-order valence-electron chi connectivity index (χ1n) is 13.3. The molecule has 0 saturated carbocycles. The minimum absolute atomic E-state index is 0.0336. The van der Waals surface area contributed by atoms with E-state index >= 15 is 0 Å². The van der Waals surface area contributed by atoms with Crippen LogP contribution < -0.4 is 16.0 Å². The van der Waals surface area contributed by atoms with Crippen LogP contribution >= 0.6 is 57.9 Å². The Morgan fingerprint density at radius 1 is 0.822 bits per heavy atom. The van der Waals surface area contributed by atoms with Gasteiger partial charge in [0.05, 0.1) is 16.5 Å². The van der Waals surface area contributed by atoms with Crippen molar-refractivity contribution in [2.45, 2.75) is 4.90 Å². The molecule has 12 heteroatoms. The zero-order valence-electron chi connectivity index (χ0n) is 23.2. The van der Waals surface area contributed by atoms with E-state index in [1.54, 1.807) is 102 Å². The Hall–Kier alpha value is -4.12. The molecule has 0 spiro atoms. The molecule has 3 amide bonds. The van der Waals surface area contributed by atoms with Crippen molar-refractivity contribution in [3.8, 4) is 11.3 Å². The highest BCUT2D eigenvalue weighted by Crippen LogP contribution is 2.32. The number of hydrogen-bond donors (Lipinski definition) is 3. The number of carbonyl (C=O) groups excluding carboxylic acids is 3. The van der Waals surface area contributed by atoms with Crippen LogP contribution in [0.2, 0.25) is 15.1 Å². The number of aromatic nitrogens is 1. The average molecular weight is 694 g/mol. The van der Waals surface area contributed by atoms with Gasteiger partial charge in [-0.2, -0.15) is 0 Å². The van der Waals surface area contributed by atoms with Gasteiger partial charge >= 0.3 is 0 Å². The van der Waals surface area contributed by atoms with Gasteiger partial charge in [-0.15, -0.1) is 23.1 Å². The lowest BCUT2D eigenvalue weighted by Crippen LogP contribution is -2.30. The molecule has 0 saturated heterocycles. The number of benzene rings is 4. The Kier molecular flexibility index (Phi) is 10.9. The third kappa shape index (κ3) is 9.20. The largest absolute Gasteiger partial charge is 0.321 e. The average Bonchev–Trinajstić information content (AvgIpc) is 3.48. The maximum Gasteiger partial charge on any atom is 0.272 e. The third-order valence-electron chi connectivity index (χ3n) is 6.11. The van der Waals surface area contributed by atoms with Crippen LogP contribution in [0, 0.1) is 0 Å². The SMILES string of the molecule is O=C(CSc1cccc(NC(=O)/C(=C/c2cccc(Cl)c2)NC(=O)c2ccccc2)c1)Nc1nc(-c2ccc(Cl)cc2Cl)cs1. The molecule has 3 N–H and O–H groups in total. The Morgan fingerprint density at radius 2 is 1.60 bits per heavy atom. The first kappa shape index (κ1) is 32.3. The predicted molar refractivity (Wildman–Crippen MR) is 185 cm³/mol. The summed E-state index contributed by atoms with van der Waals surface area (Å²) in [6.45, 7) is 0. The fourth-order valence-electron chi connectivity index (χ4n) is 4.02. The second kappa shape index (κ2) is 15.2. The van der Waals surface area contributed by atoms with Gasteiger partial charge in [0.15, 0.2) is 5.13 Å². The quantitative estimate of drug-likeness (QED) is 0.100. The second-order valence-corrected chi connectivity index (χ2v) is 12.6. The van der Waals surface area contributed by atoms with Crippen molar-refractivity contribution in [2.24, 2.45) is 0 Å².